The van der Waals surface area contributed by atoms with E-state index in [2.05, 4.69) is 15.9 Å². The molecule has 2 aromatic rings. The largest absolute Gasteiger partial charge is 0.329 e. The van der Waals surface area contributed by atoms with Crippen molar-refractivity contribution in [1.29, 1.82) is 0 Å². The number of halogens is 1. The van der Waals surface area contributed by atoms with Crippen molar-refractivity contribution in [2.45, 2.75) is 19.0 Å². The topological polar surface area (TPSA) is 57.7 Å². The summed E-state index contributed by atoms with van der Waals surface area (Å²) in [6.45, 7) is 1.93. The van der Waals surface area contributed by atoms with Crippen LogP contribution in [0, 0.1) is 6.92 Å². The standard InChI is InChI=1S/C18H17BrN2O3S/c1-12-5-2-3-8-15(12)21-17-11-25(23,24)10-16(17)20(18(21)22)14-7-4-6-13(19)9-14/h2-9,16-17H,10-11H2,1H3/t16-,17+/m1/s1. The van der Waals surface area contributed by atoms with Crippen molar-refractivity contribution in [2.24, 2.45) is 0 Å². The molecular formula is C18H17BrN2O3S. The molecule has 0 saturated carbocycles. The lowest BCUT2D eigenvalue weighted by atomic mass is 10.1. The summed E-state index contributed by atoms with van der Waals surface area (Å²) in [6, 6.07) is 14.1. The number of carbonyl (C=O) groups excluding carboxylic acids is 1. The lowest BCUT2D eigenvalue weighted by Crippen LogP contribution is -2.38. The van der Waals surface area contributed by atoms with E-state index in [4.69, 9.17) is 0 Å². The third kappa shape index (κ3) is 2.75. The summed E-state index contributed by atoms with van der Waals surface area (Å²) < 4.78 is 25.4. The average Bonchev–Trinajstić information content (AvgIpc) is 2.97. The highest BCUT2D eigenvalue weighted by Crippen LogP contribution is 2.39. The molecule has 0 bridgehead atoms. The maximum Gasteiger partial charge on any atom is 0.329 e. The van der Waals surface area contributed by atoms with Gasteiger partial charge in [0.2, 0.25) is 0 Å². The Morgan fingerprint density at radius 1 is 1.00 bits per heavy atom. The number of carbonyl (C=O) groups is 1. The van der Waals surface area contributed by atoms with E-state index in [9.17, 15) is 13.2 Å². The van der Waals surface area contributed by atoms with E-state index >= 15 is 0 Å². The van der Waals surface area contributed by atoms with Crippen molar-refractivity contribution in [3.63, 3.8) is 0 Å². The summed E-state index contributed by atoms with van der Waals surface area (Å²) in [5, 5.41) is 0. The van der Waals surface area contributed by atoms with Crippen LogP contribution in [0.15, 0.2) is 53.0 Å². The van der Waals surface area contributed by atoms with Crippen LogP contribution in [0.3, 0.4) is 0 Å². The minimum Gasteiger partial charge on any atom is -0.288 e. The smallest absolute Gasteiger partial charge is 0.288 e. The Hall–Kier alpha value is -1.86. The highest BCUT2D eigenvalue weighted by molar-refractivity contribution is 9.10. The van der Waals surface area contributed by atoms with E-state index in [1.807, 2.05) is 55.5 Å². The first kappa shape index (κ1) is 16.6. The van der Waals surface area contributed by atoms with Gasteiger partial charge in [-0.25, -0.2) is 13.2 Å². The Balaban J connectivity index is 1.84. The first-order valence-electron chi connectivity index (χ1n) is 8.01. The Morgan fingerprint density at radius 3 is 2.36 bits per heavy atom. The van der Waals surface area contributed by atoms with Gasteiger partial charge in [0, 0.05) is 15.8 Å². The van der Waals surface area contributed by atoms with Crippen molar-refractivity contribution >= 4 is 43.2 Å². The number of urea groups is 1. The molecule has 0 N–H and O–H groups in total. The summed E-state index contributed by atoms with van der Waals surface area (Å²) in [7, 11) is -3.18. The van der Waals surface area contributed by atoms with Crippen LogP contribution in [-0.2, 0) is 9.84 Å². The Morgan fingerprint density at radius 2 is 1.68 bits per heavy atom. The molecule has 2 atom stereocenters. The first-order chi connectivity index (χ1) is 11.9. The molecule has 2 saturated heterocycles. The van der Waals surface area contributed by atoms with E-state index in [-0.39, 0.29) is 29.6 Å². The van der Waals surface area contributed by atoms with Gasteiger partial charge in [-0.2, -0.15) is 0 Å². The maximum absolute atomic E-state index is 13.2. The molecule has 0 aromatic heterocycles. The Kier molecular flexibility index (Phi) is 3.88. The van der Waals surface area contributed by atoms with Crippen LogP contribution in [0.5, 0.6) is 0 Å². The minimum absolute atomic E-state index is 0.00169. The Labute approximate surface area is 155 Å². The molecule has 0 spiro atoms. The number of sulfone groups is 1. The highest BCUT2D eigenvalue weighted by atomic mass is 79.9. The van der Waals surface area contributed by atoms with Crippen LogP contribution >= 0.6 is 15.9 Å². The number of hydrogen-bond donors (Lipinski definition) is 0. The van der Waals surface area contributed by atoms with E-state index < -0.39 is 9.84 Å². The molecule has 2 aliphatic rings. The predicted molar refractivity (Wildman–Crippen MR) is 102 cm³/mol. The van der Waals surface area contributed by atoms with Gasteiger partial charge in [0.1, 0.15) is 0 Å². The second-order valence-corrected chi connectivity index (χ2v) is 9.57. The number of hydrogen-bond acceptors (Lipinski definition) is 3. The molecule has 2 fully saturated rings. The van der Waals surface area contributed by atoms with Crippen molar-refractivity contribution in [2.75, 3.05) is 21.3 Å². The minimum atomic E-state index is -3.18. The van der Waals surface area contributed by atoms with Crippen LogP contribution in [0.1, 0.15) is 5.56 Å². The number of rotatable bonds is 2. The van der Waals surface area contributed by atoms with Crippen molar-refractivity contribution < 1.29 is 13.2 Å². The molecule has 0 aliphatic carbocycles. The molecule has 2 aliphatic heterocycles. The van der Waals surface area contributed by atoms with Gasteiger partial charge in [-0.15, -0.1) is 0 Å². The van der Waals surface area contributed by atoms with Gasteiger partial charge >= 0.3 is 6.03 Å². The number of para-hydroxylation sites is 1. The second-order valence-electron chi connectivity index (χ2n) is 6.50. The molecule has 2 amide bonds. The van der Waals surface area contributed by atoms with Crippen LogP contribution in [0.4, 0.5) is 16.2 Å². The molecule has 25 heavy (non-hydrogen) atoms. The number of aryl methyl sites for hydroxylation is 1. The molecule has 7 heteroatoms. The number of benzene rings is 2. The molecule has 4 rings (SSSR count). The fraction of sp³-hybridized carbons (Fsp3) is 0.278. The zero-order chi connectivity index (χ0) is 17.8. The van der Waals surface area contributed by atoms with Gasteiger partial charge in [0.25, 0.3) is 0 Å². The highest BCUT2D eigenvalue weighted by Gasteiger charge is 2.54. The molecule has 5 nitrogen and oxygen atoms in total. The fourth-order valence-corrected chi connectivity index (χ4v) is 6.05. The third-order valence-electron chi connectivity index (χ3n) is 4.83. The Bertz CT molecular complexity index is 960. The van der Waals surface area contributed by atoms with Gasteiger partial charge in [-0.05, 0) is 36.8 Å². The number of anilines is 2. The zero-order valence-electron chi connectivity index (χ0n) is 13.6. The second kappa shape index (κ2) is 5.85. The summed E-state index contributed by atoms with van der Waals surface area (Å²) in [6.07, 6.45) is 0. The third-order valence-corrected chi connectivity index (χ3v) is 7.02. The van der Waals surface area contributed by atoms with E-state index in [1.54, 1.807) is 9.80 Å². The zero-order valence-corrected chi connectivity index (χ0v) is 16.0. The lowest BCUT2D eigenvalue weighted by Gasteiger charge is -2.24. The maximum atomic E-state index is 13.2. The van der Waals surface area contributed by atoms with Crippen molar-refractivity contribution in [3.05, 3.63) is 58.6 Å². The summed E-state index contributed by atoms with van der Waals surface area (Å²) in [5.74, 6) is 0.000541. The summed E-state index contributed by atoms with van der Waals surface area (Å²) in [4.78, 5) is 16.5. The quantitative estimate of drug-likeness (QED) is 0.699. The van der Waals surface area contributed by atoms with Gasteiger partial charge in [0.15, 0.2) is 9.84 Å². The number of fused-ring (bicyclic) bond motifs is 1. The molecule has 0 radical (unpaired) electrons. The van der Waals surface area contributed by atoms with E-state index in [0.29, 0.717) is 5.69 Å². The van der Waals surface area contributed by atoms with Gasteiger partial charge < -0.3 is 0 Å². The molecule has 0 unspecified atom stereocenters. The molecule has 130 valence electrons. The lowest BCUT2D eigenvalue weighted by molar-refractivity contribution is 0.255. The normalized spacial score (nSPS) is 24.6. The van der Waals surface area contributed by atoms with Crippen LogP contribution in [-0.4, -0.2) is 38.0 Å². The number of amides is 2. The summed E-state index contributed by atoms with van der Waals surface area (Å²) >= 11 is 3.43. The average molecular weight is 421 g/mol. The van der Waals surface area contributed by atoms with Crippen LogP contribution < -0.4 is 9.80 Å². The van der Waals surface area contributed by atoms with E-state index in [1.165, 1.54) is 0 Å². The first-order valence-corrected chi connectivity index (χ1v) is 10.6. The summed E-state index contributed by atoms with van der Waals surface area (Å²) in [5.41, 5.74) is 2.44. The van der Waals surface area contributed by atoms with Gasteiger partial charge in [-0.1, -0.05) is 40.2 Å². The molecule has 2 heterocycles. The van der Waals surface area contributed by atoms with Gasteiger partial charge in [0.05, 0.1) is 23.6 Å². The molecular weight excluding hydrogens is 404 g/mol. The molecule has 2 aromatic carbocycles. The van der Waals surface area contributed by atoms with Crippen LogP contribution in [0.25, 0.3) is 0 Å². The van der Waals surface area contributed by atoms with Crippen molar-refractivity contribution in [1.82, 2.24) is 0 Å². The van der Waals surface area contributed by atoms with Crippen molar-refractivity contribution in [3.8, 4) is 0 Å². The van der Waals surface area contributed by atoms with Crippen LogP contribution in [0.2, 0.25) is 0 Å². The van der Waals surface area contributed by atoms with Gasteiger partial charge in [-0.3, -0.25) is 9.80 Å². The fourth-order valence-electron chi connectivity index (χ4n) is 3.75. The SMILES string of the molecule is Cc1ccccc1N1C(=O)N(c2cccc(Br)c2)[C@@H]2CS(=O)(=O)C[C@@H]21. The monoisotopic (exact) mass is 420 g/mol. The van der Waals surface area contributed by atoms with E-state index in [0.717, 1.165) is 15.7 Å². The predicted octanol–water partition coefficient (Wildman–Crippen LogP) is 3.37. The number of nitrogens with zero attached hydrogens (tertiary/aromatic N) is 2.